The number of aryl methyl sites for hydroxylation is 1. The lowest BCUT2D eigenvalue weighted by Gasteiger charge is -2.19. The minimum atomic E-state index is -0.272. The lowest BCUT2D eigenvalue weighted by Crippen LogP contribution is -2.18. The van der Waals surface area contributed by atoms with Crippen molar-refractivity contribution in [3.63, 3.8) is 0 Å². The smallest absolute Gasteiger partial charge is 0.127 e. The standard InChI is InChI=1S/C15H14ClFIN/c1-9-6-12(13(16)8-14(9)17)15(19-2)10-4-3-5-11(18)7-10/h3-8,15,19H,1-2H3. The Labute approximate surface area is 131 Å². The van der Waals surface area contributed by atoms with Crippen LogP contribution < -0.4 is 5.32 Å². The molecule has 2 rings (SSSR count). The van der Waals surface area contributed by atoms with Crippen LogP contribution in [0.5, 0.6) is 0 Å². The van der Waals surface area contributed by atoms with Gasteiger partial charge in [0.2, 0.25) is 0 Å². The third-order valence-corrected chi connectivity index (χ3v) is 4.06. The van der Waals surface area contributed by atoms with Gasteiger partial charge in [-0.3, -0.25) is 0 Å². The van der Waals surface area contributed by atoms with Crippen LogP contribution in [0, 0.1) is 16.3 Å². The SMILES string of the molecule is CNC(c1cccc(I)c1)c1cc(C)c(F)cc1Cl. The normalized spacial score (nSPS) is 12.5. The molecule has 0 saturated heterocycles. The summed E-state index contributed by atoms with van der Waals surface area (Å²) in [6.45, 7) is 1.75. The van der Waals surface area contributed by atoms with E-state index in [1.807, 2.05) is 25.2 Å². The summed E-state index contributed by atoms with van der Waals surface area (Å²) in [7, 11) is 1.87. The molecule has 0 aromatic heterocycles. The Kier molecular flexibility index (Phi) is 4.81. The van der Waals surface area contributed by atoms with Crippen LogP contribution in [-0.2, 0) is 0 Å². The van der Waals surface area contributed by atoms with Crippen molar-refractivity contribution in [2.24, 2.45) is 0 Å². The molecule has 1 unspecified atom stereocenters. The zero-order chi connectivity index (χ0) is 14.0. The largest absolute Gasteiger partial charge is 0.309 e. The van der Waals surface area contributed by atoms with Crippen LogP contribution in [0.15, 0.2) is 36.4 Å². The van der Waals surface area contributed by atoms with Gasteiger partial charge in [-0.05, 0) is 77.5 Å². The van der Waals surface area contributed by atoms with E-state index in [0.717, 1.165) is 14.7 Å². The molecule has 2 aromatic rings. The summed E-state index contributed by atoms with van der Waals surface area (Å²) in [5, 5.41) is 3.68. The van der Waals surface area contributed by atoms with Crippen molar-refractivity contribution < 1.29 is 4.39 Å². The molecule has 0 aliphatic rings. The first-order valence-electron chi connectivity index (χ1n) is 5.91. The molecule has 0 saturated carbocycles. The average molecular weight is 390 g/mol. The molecule has 1 N–H and O–H groups in total. The molecule has 2 aromatic carbocycles. The monoisotopic (exact) mass is 389 g/mol. The van der Waals surface area contributed by atoms with Gasteiger partial charge in [0.25, 0.3) is 0 Å². The molecule has 0 amide bonds. The van der Waals surface area contributed by atoms with E-state index in [0.29, 0.717) is 10.6 Å². The lowest BCUT2D eigenvalue weighted by atomic mass is 9.97. The van der Waals surface area contributed by atoms with Crippen LogP contribution in [-0.4, -0.2) is 7.05 Å². The predicted molar refractivity (Wildman–Crippen MR) is 86.2 cm³/mol. The minimum Gasteiger partial charge on any atom is -0.309 e. The van der Waals surface area contributed by atoms with Crippen LogP contribution >= 0.6 is 34.2 Å². The minimum absolute atomic E-state index is 0.0403. The molecule has 0 spiro atoms. The highest BCUT2D eigenvalue weighted by Gasteiger charge is 2.17. The van der Waals surface area contributed by atoms with Gasteiger partial charge in [0.15, 0.2) is 0 Å². The van der Waals surface area contributed by atoms with Crippen molar-refractivity contribution in [1.29, 1.82) is 0 Å². The molecule has 0 heterocycles. The summed E-state index contributed by atoms with van der Waals surface area (Å²) < 4.78 is 14.6. The maximum atomic E-state index is 13.5. The molecular weight excluding hydrogens is 376 g/mol. The van der Waals surface area contributed by atoms with Crippen LogP contribution in [0.4, 0.5) is 4.39 Å². The van der Waals surface area contributed by atoms with E-state index in [2.05, 4.69) is 34.0 Å². The second kappa shape index (κ2) is 6.20. The van der Waals surface area contributed by atoms with Gasteiger partial charge in [0, 0.05) is 8.59 Å². The van der Waals surface area contributed by atoms with Crippen molar-refractivity contribution in [3.8, 4) is 0 Å². The summed E-state index contributed by atoms with van der Waals surface area (Å²) in [4.78, 5) is 0. The molecule has 1 nitrogen and oxygen atoms in total. The molecule has 0 radical (unpaired) electrons. The van der Waals surface area contributed by atoms with Gasteiger partial charge in [-0.2, -0.15) is 0 Å². The quantitative estimate of drug-likeness (QED) is 0.750. The van der Waals surface area contributed by atoms with E-state index in [-0.39, 0.29) is 11.9 Å². The number of hydrogen-bond donors (Lipinski definition) is 1. The Hall–Kier alpha value is -0.650. The Morgan fingerprint density at radius 1 is 1.26 bits per heavy atom. The molecule has 0 aliphatic heterocycles. The zero-order valence-corrected chi connectivity index (χ0v) is 13.6. The Morgan fingerprint density at radius 3 is 2.63 bits per heavy atom. The van der Waals surface area contributed by atoms with Gasteiger partial charge in [0.05, 0.1) is 6.04 Å². The number of nitrogens with one attached hydrogen (secondary N) is 1. The number of benzene rings is 2. The maximum Gasteiger partial charge on any atom is 0.127 e. The van der Waals surface area contributed by atoms with E-state index in [1.165, 1.54) is 6.07 Å². The number of halogens is 3. The van der Waals surface area contributed by atoms with Crippen molar-refractivity contribution in [2.75, 3.05) is 7.05 Å². The molecule has 100 valence electrons. The highest BCUT2D eigenvalue weighted by atomic mass is 127. The first-order valence-corrected chi connectivity index (χ1v) is 7.37. The van der Waals surface area contributed by atoms with Gasteiger partial charge in [0.1, 0.15) is 5.82 Å². The highest BCUT2D eigenvalue weighted by Crippen LogP contribution is 2.30. The van der Waals surface area contributed by atoms with Crippen LogP contribution in [0.1, 0.15) is 22.7 Å². The number of hydrogen-bond acceptors (Lipinski definition) is 1. The summed E-state index contributed by atoms with van der Waals surface area (Å²) >= 11 is 8.46. The first-order chi connectivity index (χ1) is 9.02. The number of rotatable bonds is 3. The summed E-state index contributed by atoms with van der Waals surface area (Å²) in [5.41, 5.74) is 2.61. The van der Waals surface area contributed by atoms with E-state index >= 15 is 0 Å². The molecule has 0 bridgehead atoms. The van der Waals surface area contributed by atoms with Gasteiger partial charge in [-0.25, -0.2) is 4.39 Å². The van der Waals surface area contributed by atoms with Crippen molar-refractivity contribution in [2.45, 2.75) is 13.0 Å². The van der Waals surface area contributed by atoms with Gasteiger partial charge in [-0.15, -0.1) is 0 Å². The second-order valence-electron chi connectivity index (χ2n) is 4.40. The fourth-order valence-electron chi connectivity index (χ4n) is 2.09. The zero-order valence-electron chi connectivity index (χ0n) is 10.7. The van der Waals surface area contributed by atoms with E-state index in [1.54, 1.807) is 13.0 Å². The lowest BCUT2D eigenvalue weighted by molar-refractivity contribution is 0.614. The Morgan fingerprint density at radius 2 is 2.00 bits per heavy atom. The van der Waals surface area contributed by atoms with Crippen LogP contribution in [0.2, 0.25) is 5.02 Å². The molecule has 0 aliphatic carbocycles. The third kappa shape index (κ3) is 3.27. The van der Waals surface area contributed by atoms with E-state index in [4.69, 9.17) is 11.6 Å². The summed E-state index contributed by atoms with van der Waals surface area (Å²) in [6.07, 6.45) is 0. The fourth-order valence-corrected chi connectivity index (χ4v) is 2.92. The van der Waals surface area contributed by atoms with Crippen molar-refractivity contribution in [1.82, 2.24) is 5.32 Å². The molecule has 4 heteroatoms. The Bertz CT molecular complexity index is 601. The van der Waals surface area contributed by atoms with Gasteiger partial charge >= 0.3 is 0 Å². The Balaban J connectivity index is 2.51. The first kappa shape index (κ1) is 14.8. The fraction of sp³-hybridized carbons (Fsp3) is 0.200. The third-order valence-electron chi connectivity index (χ3n) is 3.06. The highest BCUT2D eigenvalue weighted by molar-refractivity contribution is 14.1. The molecule has 1 atom stereocenters. The molecule has 19 heavy (non-hydrogen) atoms. The van der Waals surface area contributed by atoms with Crippen molar-refractivity contribution in [3.05, 3.63) is 67.5 Å². The maximum absolute atomic E-state index is 13.5. The molecular formula is C15H14ClFIN. The van der Waals surface area contributed by atoms with Gasteiger partial charge in [-0.1, -0.05) is 23.7 Å². The predicted octanol–water partition coefficient (Wildman–Crippen LogP) is 4.70. The summed E-state index contributed by atoms with van der Waals surface area (Å²) in [6, 6.07) is 11.3. The second-order valence-corrected chi connectivity index (χ2v) is 6.05. The van der Waals surface area contributed by atoms with Gasteiger partial charge < -0.3 is 5.32 Å². The molecule has 0 fully saturated rings. The average Bonchev–Trinajstić information content (AvgIpc) is 2.36. The van der Waals surface area contributed by atoms with Crippen molar-refractivity contribution >= 4 is 34.2 Å². The van der Waals surface area contributed by atoms with Crippen LogP contribution in [0.3, 0.4) is 0 Å². The van der Waals surface area contributed by atoms with E-state index in [9.17, 15) is 4.39 Å². The topological polar surface area (TPSA) is 12.0 Å². The van der Waals surface area contributed by atoms with Crippen LogP contribution in [0.25, 0.3) is 0 Å². The summed E-state index contributed by atoms with van der Waals surface area (Å²) in [5.74, 6) is -0.272. The van der Waals surface area contributed by atoms with E-state index < -0.39 is 0 Å².